The molecule has 0 aliphatic carbocycles. The van der Waals surface area contributed by atoms with Crippen molar-refractivity contribution in [1.82, 2.24) is 0 Å². The Balaban J connectivity index is 0.000000544. The minimum atomic E-state index is -1.58. The van der Waals surface area contributed by atoms with Crippen molar-refractivity contribution in [2.45, 2.75) is 37.6 Å². The first kappa shape index (κ1) is 31.1. The summed E-state index contributed by atoms with van der Waals surface area (Å²) in [6.07, 6.45) is -1.56. The van der Waals surface area contributed by atoms with Crippen molar-refractivity contribution in [3.63, 3.8) is 0 Å². The van der Waals surface area contributed by atoms with Crippen LogP contribution in [0.4, 0.5) is 0 Å². The third-order valence-corrected chi connectivity index (χ3v) is 4.46. The molecule has 35 heavy (non-hydrogen) atoms. The van der Waals surface area contributed by atoms with E-state index in [4.69, 9.17) is 20.1 Å². The molecule has 0 fully saturated rings. The smallest absolute Gasteiger partial charge is 0.374 e. The Morgan fingerprint density at radius 1 is 0.629 bits per heavy atom. The first-order chi connectivity index (χ1) is 16.6. The first-order valence-corrected chi connectivity index (χ1v) is 11.2. The number of hydrogen-bond acceptors (Lipinski definition) is 7. The van der Waals surface area contributed by atoms with E-state index in [0.717, 1.165) is 10.9 Å². The predicted octanol–water partition coefficient (Wildman–Crippen LogP) is 3.25. The third-order valence-electron chi connectivity index (χ3n) is 3.81. The number of aliphatic carboxylic acids is 3. The van der Waals surface area contributed by atoms with Gasteiger partial charge >= 0.3 is 23.9 Å². The van der Waals surface area contributed by atoms with Gasteiger partial charge in [-0.05, 0) is 11.1 Å². The van der Waals surface area contributed by atoms with Gasteiger partial charge in [-0.25, -0.2) is 9.59 Å². The number of hydrogen-bond donors (Lipinski definition) is 3. The summed E-state index contributed by atoms with van der Waals surface area (Å²) in [7, 11) is 0. The van der Waals surface area contributed by atoms with Crippen molar-refractivity contribution >= 4 is 51.4 Å². The lowest BCUT2D eigenvalue weighted by Crippen LogP contribution is -2.18. The van der Waals surface area contributed by atoms with Gasteiger partial charge in [-0.1, -0.05) is 76.6 Å². The van der Waals surface area contributed by atoms with Gasteiger partial charge in [0.1, 0.15) is 6.61 Å². The second-order valence-corrected chi connectivity index (χ2v) is 7.18. The van der Waals surface area contributed by atoms with Crippen LogP contribution in [0.15, 0.2) is 60.7 Å². The van der Waals surface area contributed by atoms with Crippen molar-refractivity contribution in [2.75, 3.05) is 0 Å². The number of ketones is 2. The lowest BCUT2D eigenvalue weighted by Gasteiger charge is -2.03. The first-order valence-electron chi connectivity index (χ1n) is 10.1. The van der Waals surface area contributed by atoms with Crippen molar-refractivity contribution in [3.05, 3.63) is 71.8 Å². The SMILES string of the molecule is BrCc1ccccc1.O=C(O)CCC(=O)C(=O)O.O=C(O)CCC(=O)C(=O)OCc1ccccc1. The molecule has 0 aliphatic heterocycles. The highest BCUT2D eigenvalue weighted by atomic mass is 79.9. The van der Waals surface area contributed by atoms with Crippen LogP contribution in [0.2, 0.25) is 0 Å². The molecule has 188 valence electrons. The van der Waals surface area contributed by atoms with E-state index < -0.39 is 48.3 Å². The van der Waals surface area contributed by atoms with Gasteiger partial charge in [-0.2, -0.15) is 0 Å². The number of Topliss-reactive ketones (excluding diaryl/α,β-unsaturated/α-hetero) is 2. The fourth-order valence-electron chi connectivity index (χ4n) is 2.02. The quantitative estimate of drug-likeness (QED) is 0.213. The van der Waals surface area contributed by atoms with E-state index in [1.807, 2.05) is 24.3 Å². The van der Waals surface area contributed by atoms with Gasteiger partial charge in [0, 0.05) is 18.2 Å². The van der Waals surface area contributed by atoms with Gasteiger partial charge < -0.3 is 20.1 Å². The number of carbonyl (C=O) groups excluding carboxylic acids is 3. The van der Waals surface area contributed by atoms with Gasteiger partial charge in [0.15, 0.2) is 0 Å². The van der Waals surface area contributed by atoms with Crippen molar-refractivity contribution < 1.29 is 48.8 Å². The monoisotopic (exact) mass is 552 g/mol. The molecule has 0 spiro atoms. The normalized spacial score (nSPS) is 9.29. The summed E-state index contributed by atoms with van der Waals surface area (Å²) >= 11 is 3.36. The van der Waals surface area contributed by atoms with Crippen LogP contribution < -0.4 is 0 Å². The zero-order valence-corrected chi connectivity index (χ0v) is 20.2. The maximum atomic E-state index is 11.2. The Morgan fingerprint density at radius 2 is 1.06 bits per heavy atom. The van der Waals surface area contributed by atoms with Crippen molar-refractivity contribution in [1.29, 1.82) is 0 Å². The van der Waals surface area contributed by atoms with Crippen LogP contribution in [0.3, 0.4) is 0 Å². The van der Waals surface area contributed by atoms with Gasteiger partial charge in [-0.3, -0.25) is 19.2 Å². The second kappa shape index (κ2) is 18.6. The highest BCUT2D eigenvalue weighted by Gasteiger charge is 2.16. The number of carboxylic acids is 3. The van der Waals surface area contributed by atoms with Crippen molar-refractivity contribution in [3.8, 4) is 0 Å². The summed E-state index contributed by atoms with van der Waals surface area (Å²) in [6, 6.07) is 19.2. The zero-order chi connectivity index (χ0) is 26.6. The van der Waals surface area contributed by atoms with E-state index in [1.54, 1.807) is 24.3 Å². The average Bonchev–Trinajstić information content (AvgIpc) is 2.86. The molecular weight excluding hydrogens is 528 g/mol. The van der Waals surface area contributed by atoms with Crippen LogP contribution in [-0.2, 0) is 45.4 Å². The number of alkyl halides is 1. The molecule has 0 aromatic heterocycles. The summed E-state index contributed by atoms with van der Waals surface area (Å²) < 4.78 is 4.74. The lowest BCUT2D eigenvalue weighted by atomic mass is 10.2. The van der Waals surface area contributed by atoms with Crippen LogP contribution in [0, 0.1) is 0 Å². The summed E-state index contributed by atoms with van der Waals surface area (Å²) in [6.45, 7) is 0.0124. The molecule has 0 heterocycles. The molecule has 2 aromatic carbocycles. The van der Waals surface area contributed by atoms with Crippen LogP contribution in [-0.4, -0.2) is 50.8 Å². The minimum Gasteiger partial charge on any atom is -0.481 e. The molecule has 11 heteroatoms. The molecule has 0 radical (unpaired) electrons. The fourth-order valence-corrected chi connectivity index (χ4v) is 2.39. The molecule has 3 N–H and O–H groups in total. The number of ether oxygens (including phenoxy) is 1. The van der Waals surface area contributed by atoms with Gasteiger partial charge in [-0.15, -0.1) is 0 Å². The average molecular weight is 553 g/mol. The number of esters is 1. The maximum Gasteiger partial charge on any atom is 0.374 e. The molecule has 2 rings (SSSR count). The Kier molecular flexibility index (Phi) is 16.5. The molecule has 2 aromatic rings. The van der Waals surface area contributed by atoms with E-state index in [2.05, 4.69) is 28.1 Å². The van der Waals surface area contributed by atoms with E-state index >= 15 is 0 Å². The Morgan fingerprint density at radius 3 is 1.43 bits per heavy atom. The summed E-state index contributed by atoms with van der Waals surface area (Å²) in [5.41, 5.74) is 2.10. The molecular formula is C24H25BrO10. The molecule has 0 aliphatic rings. The van der Waals surface area contributed by atoms with E-state index in [-0.39, 0.29) is 19.4 Å². The molecule has 0 bridgehead atoms. The van der Waals surface area contributed by atoms with Crippen LogP contribution in [0.5, 0.6) is 0 Å². The minimum absolute atomic E-state index is 0.0124. The molecule has 0 amide bonds. The van der Waals surface area contributed by atoms with Gasteiger partial charge in [0.2, 0.25) is 11.6 Å². The largest absolute Gasteiger partial charge is 0.481 e. The third kappa shape index (κ3) is 17.3. The number of carboxylic acid groups (broad SMARTS) is 3. The maximum absolute atomic E-state index is 11.2. The summed E-state index contributed by atoms with van der Waals surface area (Å²) in [5.74, 6) is -6.74. The number of rotatable bonds is 11. The molecule has 0 unspecified atom stereocenters. The highest BCUT2D eigenvalue weighted by molar-refractivity contribution is 9.08. The van der Waals surface area contributed by atoms with E-state index in [1.165, 1.54) is 5.56 Å². The Hall–Kier alpha value is -3.86. The van der Waals surface area contributed by atoms with Crippen molar-refractivity contribution in [2.24, 2.45) is 0 Å². The molecule has 0 saturated carbocycles. The number of carbonyl (C=O) groups is 6. The van der Waals surface area contributed by atoms with E-state index in [0.29, 0.717) is 0 Å². The highest BCUT2D eigenvalue weighted by Crippen LogP contribution is 2.03. The molecule has 0 saturated heterocycles. The second-order valence-electron chi connectivity index (χ2n) is 6.62. The van der Waals surface area contributed by atoms with Gasteiger partial charge in [0.25, 0.3) is 0 Å². The predicted molar refractivity (Wildman–Crippen MR) is 127 cm³/mol. The number of benzene rings is 2. The Bertz CT molecular complexity index is 974. The van der Waals surface area contributed by atoms with Crippen LogP contribution >= 0.6 is 15.9 Å². The van der Waals surface area contributed by atoms with Crippen LogP contribution in [0.25, 0.3) is 0 Å². The van der Waals surface area contributed by atoms with Crippen LogP contribution in [0.1, 0.15) is 36.8 Å². The molecule has 10 nitrogen and oxygen atoms in total. The van der Waals surface area contributed by atoms with Gasteiger partial charge in [0.05, 0.1) is 12.8 Å². The molecule has 0 atom stereocenters. The topological polar surface area (TPSA) is 172 Å². The standard InChI is InChI=1S/C12H12O5.C7H7Br.C5H6O5/c13-10(6-7-11(14)15)12(16)17-8-9-4-2-1-3-5-9;8-6-7-4-2-1-3-5-7;6-3(5(9)10)1-2-4(7)8/h1-5H,6-8H2,(H,14,15);1-5H,6H2;1-2H2,(H,7,8)(H,9,10). The fraction of sp³-hybridized carbons (Fsp3) is 0.250. The lowest BCUT2D eigenvalue weighted by molar-refractivity contribution is -0.155. The summed E-state index contributed by atoms with van der Waals surface area (Å²) in [4.78, 5) is 62.2. The zero-order valence-electron chi connectivity index (χ0n) is 18.6. The number of halogens is 1. The van der Waals surface area contributed by atoms with E-state index in [9.17, 15) is 28.8 Å². The Labute approximate surface area is 209 Å². The summed E-state index contributed by atoms with van der Waals surface area (Å²) in [5, 5.41) is 25.3.